The number of fused-ring (bicyclic) bond motifs is 1. The third-order valence-electron chi connectivity index (χ3n) is 4.46. The Kier molecular flexibility index (Phi) is 4.05. The number of nitrogens with zero attached hydrogens (tertiary/aromatic N) is 2. The van der Waals surface area contributed by atoms with Gasteiger partial charge in [-0.2, -0.15) is 0 Å². The van der Waals surface area contributed by atoms with E-state index in [1.807, 2.05) is 4.90 Å². The highest BCUT2D eigenvalue weighted by Gasteiger charge is 2.25. The summed E-state index contributed by atoms with van der Waals surface area (Å²) >= 11 is 0. The van der Waals surface area contributed by atoms with Crippen LogP contribution in [0.15, 0.2) is 18.2 Å². The Morgan fingerprint density at radius 3 is 2.95 bits per heavy atom. The summed E-state index contributed by atoms with van der Waals surface area (Å²) in [6.45, 7) is 4.18. The maximum atomic E-state index is 12.7. The van der Waals surface area contributed by atoms with E-state index in [0.29, 0.717) is 35.9 Å². The number of carbonyl (C=O) groups excluding carboxylic acids is 2. The normalized spacial score (nSPS) is 21.9. The zero-order valence-corrected chi connectivity index (χ0v) is 13.2. The van der Waals surface area contributed by atoms with Crippen LogP contribution in [0, 0.1) is 5.92 Å². The van der Waals surface area contributed by atoms with Crippen LogP contribution in [-0.4, -0.2) is 43.5 Å². The van der Waals surface area contributed by atoms with Crippen LogP contribution in [0.4, 0.5) is 5.69 Å². The van der Waals surface area contributed by atoms with Crippen molar-refractivity contribution in [2.45, 2.75) is 26.2 Å². The molecule has 0 saturated carbocycles. The Balaban J connectivity index is 1.87. The van der Waals surface area contributed by atoms with Crippen LogP contribution in [0.25, 0.3) is 0 Å². The molecule has 2 aliphatic heterocycles. The number of anilines is 1. The summed E-state index contributed by atoms with van der Waals surface area (Å²) < 4.78 is 5.60. The van der Waals surface area contributed by atoms with Gasteiger partial charge in [0.2, 0.25) is 5.91 Å². The number of rotatable bonds is 1. The van der Waals surface area contributed by atoms with E-state index < -0.39 is 0 Å². The summed E-state index contributed by atoms with van der Waals surface area (Å²) in [5.74, 6) is 1.26. The van der Waals surface area contributed by atoms with Crippen molar-refractivity contribution in [3.8, 4) is 5.75 Å². The fourth-order valence-electron chi connectivity index (χ4n) is 3.14. The molecule has 5 heteroatoms. The largest absolute Gasteiger partial charge is 0.491 e. The van der Waals surface area contributed by atoms with Crippen LogP contribution >= 0.6 is 0 Å². The number of amides is 2. The first-order valence-electron chi connectivity index (χ1n) is 7.89. The van der Waals surface area contributed by atoms with Gasteiger partial charge in [-0.25, -0.2) is 0 Å². The molecule has 1 aromatic rings. The quantitative estimate of drug-likeness (QED) is 0.800. The summed E-state index contributed by atoms with van der Waals surface area (Å²) in [7, 11) is 1.73. The molecule has 1 fully saturated rings. The molecule has 0 radical (unpaired) electrons. The molecule has 1 aromatic carbocycles. The standard InChI is InChI=1S/C17H22N2O3/c1-12-4-3-8-19(11-12)17(21)13-5-6-15-14(10-13)18(2)16(20)7-9-22-15/h5-6,10,12H,3-4,7-9,11H2,1-2H3. The summed E-state index contributed by atoms with van der Waals surface area (Å²) in [6.07, 6.45) is 2.59. The van der Waals surface area contributed by atoms with Crippen molar-refractivity contribution in [2.75, 3.05) is 31.6 Å². The minimum absolute atomic E-state index is 0.00921. The number of piperidine rings is 1. The van der Waals surface area contributed by atoms with Gasteiger partial charge in [0.25, 0.3) is 5.91 Å². The molecule has 5 nitrogen and oxygen atoms in total. The summed E-state index contributed by atoms with van der Waals surface area (Å²) in [5, 5.41) is 0. The lowest BCUT2D eigenvalue weighted by Crippen LogP contribution is -2.39. The van der Waals surface area contributed by atoms with Crippen molar-refractivity contribution in [2.24, 2.45) is 5.92 Å². The third kappa shape index (κ3) is 2.80. The molecular formula is C17H22N2O3. The molecule has 0 N–H and O–H groups in total. The third-order valence-corrected chi connectivity index (χ3v) is 4.46. The molecule has 22 heavy (non-hydrogen) atoms. The molecule has 0 bridgehead atoms. The molecular weight excluding hydrogens is 280 g/mol. The molecule has 0 aromatic heterocycles. The van der Waals surface area contributed by atoms with Gasteiger partial charge in [-0.1, -0.05) is 6.92 Å². The molecule has 1 unspecified atom stereocenters. The van der Waals surface area contributed by atoms with E-state index in [0.717, 1.165) is 19.5 Å². The Labute approximate surface area is 130 Å². The predicted octanol–water partition coefficient (Wildman–Crippen LogP) is 2.30. The second kappa shape index (κ2) is 5.99. The van der Waals surface area contributed by atoms with E-state index in [1.54, 1.807) is 30.1 Å². The maximum absolute atomic E-state index is 12.7. The summed E-state index contributed by atoms with van der Waals surface area (Å²) in [4.78, 5) is 28.1. The van der Waals surface area contributed by atoms with Gasteiger partial charge in [0, 0.05) is 25.7 Å². The molecule has 118 valence electrons. The van der Waals surface area contributed by atoms with Crippen LogP contribution in [0.5, 0.6) is 5.75 Å². The number of benzene rings is 1. The second-order valence-electron chi connectivity index (χ2n) is 6.23. The maximum Gasteiger partial charge on any atom is 0.253 e. The molecule has 0 aliphatic carbocycles. The van der Waals surface area contributed by atoms with Crippen molar-refractivity contribution >= 4 is 17.5 Å². The number of carbonyl (C=O) groups is 2. The van der Waals surface area contributed by atoms with Crippen molar-refractivity contribution < 1.29 is 14.3 Å². The molecule has 1 saturated heterocycles. The first-order chi connectivity index (χ1) is 10.6. The van der Waals surface area contributed by atoms with Crippen molar-refractivity contribution in [1.82, 2.24) is 4.90 Å². The highest BCUT2D eigenvalue weighted by Crippen LogP contribution is 2.32. The fraction of sp³-hybridized carbons (Fsp3) is 0.529. The van der Waals surface area contributed by atoms with Crippen LogP contribution in [0.2, 0.25) is 0 Å². The highest BCUT2D eigenvalue weighted by molar-refractivity contribution is 5.99. The monoisotopic (exact) mass is 302 g/mol. The first kappa shape index (κ1) is 14.9. The molecule has 1 atom stereocenters. The second-order valence-corrected chi connectivity index (χ2v) is 6.23. The zero-order valence-electron chi connectivity index (χ0n) is 13.2. The minimum atomic E-state index is 0.00921. The van der Waals surface area contributed by atoms with Gasteiger partial charge in [0.15, 0.2) is 0 Å². The van der Waals surface area contributed by atoms with E-state index in [2.05, 4.69) is 6.92 Å². The lowest BCUT2D eigenvalue weighted by molar-refractivity contribution is -0.118. The summed E-state index contributed by atoms with van der Waals surface area (Å²) in [6, 6.07) is 5.37. The van der Waals surface area contributed by atoms with Crippen LogP contribution in [-0.2, 0) is 4.79 Å². The van der Waals surface area contributed by atoms with Gasteiger partial charge in [0.1, 0.15) is 5.75 Å². The van der Waals surface area contributed by atoms with E-state index in [1.165, 1.54) is 6.42 Å². The van der Waals surface area contributed by atoms with Crippen molar-refractivity contribution in [1.29, 1.82) is 0 Å². The number of hydrogen-bond donors (Lipinski definition) is 0. The fourth-order valence-corrected chi connectivity index (χ4v) is 3.14. The van der Waals surface area contributed by atoms with Crippen LogP contribution < -0.4 is 9.64 Å². The predicted molar refractivity (Wildman–Crippen MR) is 84.3 cm³/mol. The lowest BCUT2D eigenvalue weighted by Gasteiger charge is -2.31. The highest BCUT2D eigenvalue weighted by atomic mass is 16.5. The SMILES string of the molecule is CC1CCCN(C(=O)c2ccc3c(c2)N(C)C(=O)CCO3)C1. The summed E-state index contributed by atoms with van der Waals surface area (Å²) in [5.41, 5.74) is 1.30. The number of likely N-dealkylation sites (tertiary alicyclic amines) is 1. The Morgan fingerprint density at radius 2 is 2.18 bits per heavy atom. The van der Waals surface area contributed by atoms with Gasteiger partial charge >= 0.3 is 0 Å². The average molecular weight is 302 g/mol. The van der Waals surface area contributed by atoms with Crippen LogP contribution in [0.1, 0.15) is 36.5 Å². The first-order valence-corrected chi connectivity index (χ1v) is 7.89. The molecule has 2 aliphatic rings. The molecule has 0 spiro atoms. The van der Waals surface area contributed by atoms with Gasteiger partial charge < -0.3 is 14.5 Å². The average Bonchev–Trinajstić information content (AvgIpc) is 2.66. The minimum Gasteiger partial charge on any atom is -0.491 e. The van der Waals surface area contributed by atoms with Crippen LogP contribution in [0.3, 0.4) is 0 Å². The number of hydrogen-bond acceptors (Lipinski definition) is 3. The number of ether oxygens (including phenoxy) is 1. The Hall–Kier alpha value is -2.04. The van der Waals surface area contributed by atoms with E-state index in [4.69, 9.17) is 4.74 Å². The smallest absolute Gasteiger partial charge is 0.253 e. The molecule has 2 amide bonds. The zero-order chi connectivity index (χ0) is 15.7. The van der Waals surface area contributed by atoms with E-state index in [9.17, 15) is 9.59 Å². The molecule has 3 rings (SSSR count). The van der Waals surface area contributed by atoms with E-state index in [-0.39, 0.29) is 11.8 Å². The lowest BCUT2D eigenvalue weighted by atomic mass is 9.99. The van der Waals surface area contributed by atoms with Gasteiger partial charge in [-0.15, -0.1) is 0 Å². The Morgan fingerprint density at radius 1 is 1.36 bits per heavy atom. The van der Waals surface area contributed by atoms with Crippen molar-refractivity contribution in [3.63, 3.8) is 0 Å². The van der Waals surface area contributed by atoms with E-state index >= 15 is 0 Å². The topological polar surface area (TPSA) is 49.9 Å². The van der Waals surface area contributed by atoms with Crippen molar-refractivity contribution in [3.05, 3.63) is 23.8 Å². The Bertz CT molecular complexity index is 600. The molecule has 2 heterocycles. The van der Waals surface area contributed by atoms with Gasteiger partial charge in [-0.05, 0) is 37.0 Å². The van der Waals surface area contributed by atoms with Gasteiger partial charge in [-0.3, -0.25) is 9.59 Å². The van der Waals surface area contributed by atoms with Gasteiger partial charge in [0.05, 0.1) is 18.7 Å².